The molecule has 1 N–H and O–H groups in total. The van der Waals surface area contributed by atoms with Crippen molar-refractivity contribution < 1.29 is 9.59 Å². The maximum Gasteiger partial charge on any atom is 0.241 e. The highest BCUT2D eigenvalue weighted by Gasteiger charge is 2.41. The number of hydrogen-bond donors (Lipinski definition) is 1. The lowest BCUT2D eigenvalue weighted by atomic mass is 9.97. The molecular weight excluding hydrogens is 288 g/mol. The standard InChI is InChI=1S/C19H16N2O2/c1-12-5-4-6-13(9-12)21-18(22)10-15(19(21)23)16-11-20-17-8-3-2-7-14(16)17/h2-9,11,15,20H,10H2,1H3/t15-/m0/s1. The summed E-state index contributed by atoms with van der Waals surface area (Å²) in [6.07, 6.45) is 2.06. The largest absolute Gasteiger partial charge is 0.361 e. The predicted octanol–water partition coefficient (Wildman–Crippen LogP) is 3.52. The first-order chi connectivity index (χ1) is 11.1. The van der Waals surface area contributed by atoms with Crippen molar-refractivity contribution in [2.24, 2.45) is 0 Å². The molecule has 1 atom stereocenters. The van der Waals surface area contributed by atoms with Crippen LogP contribution in [0.4, 0.5) is 5.69 Å². The smallest absolute Gasteiger partial charge is 0.241 e. The summed E-state index contributed by atoms with van der Waals surface area (Å²) in [5, 5.41) is 1.00. The van der Waals surface area contributed by atoms with E-state index in [0.29, 0.717) is 5.69 Å². The van der Waals surface area contributed by atoms with E-state index in [0.717, 1.165) is 22.0 Å². The van der Waals surface area contributed by atoms with Crippen LogP contribution in [0.5, 0.6) is 0 Å². The number of H-pyrrole nitrogens is 1. The summed E-state index contributed by atoms with van der Waals surface area (Å²) in [7, 11) is 0. The number of aromatic amines is 1. The Kier molecular flexibility index (Phi) is 3.05. The van der Waals surface area contributed by atoms with E-state index in [1.807, 2.05) is 55.6 Å². The Hall–Kier alpha value is -2.88. The van der Waals surface area contributed by atoms with Gasteiger partial charge < -0.3 is 4.98 Å². The number of amides is 2. The molecule has 4 rings (SSSR count). The second-order valence-electron chi connectivity index (χ2n) is 5.95. The van der Waals surface area contributed by atoms with E-state index in [4.69, 9.17) is 0 Å². The van der Waals surface area contributed by atoms with Gasteiger partial charge in [0.25, 0.3) is 0 Å². The summed E-state index contributed by atoms with van der Waals surface area (Å²) >= 11 is 0. The first-order valence-electron chi connectivity index (χ1n) is 7.64. The van der Waals surface area contributed by atoms with Gasteiger partial charge in [0.05, 0.1) is 11.6 Å². The number of anilines is 1. The molecule has 0 saturated carbocycles. The van der Waals surface area contributed by atoms with Crippen molar-refractivity contribution in [2.75, 3.05) is 4.90 Å². The van der Waals surface area contributed by atoms with Crippen molar-refractivity contribution in [3.63, 3.8) is 0 Å². The topological polar surface area (TPSA) is 53.2 Å². The highest BCUT2D eigenvalue weighted by molar-refractivity contribution is 6.23. The number of carbonyl (C=O) groups excluding carboxylic acids is 2. The van der Waals surface area contributed by atoms with Gasteiger partial charge in [0, 0.05) is 23.5 Å². The molecule has 2 heterocycles. The molecule has 0 radical (unpaired) electrons. The lowest BCUT2D eigenvalue weighted by Crippen LogP contribution is -2.30. The van der Waals surface area contributed by atoms with Crippen LogP contribution >= 0.6 is 0 Å². The third-order valence-electron chi connectivity index (χ3n) is 4.40. The van der Waals surface area contributed by atoms with Crippen LogP contribution in [0.15, 0.2) is 54.7 Å². The van der Waals surface area contributed by atoms with Gasteiger partial charge in [0.15, 0.2) is 0 Å². The number of aromatic nitrogens is 1. The quantitative estimate of drug-likeness (QED) is 0.736. The summed E-state index contributed by atoms with van der Waals surface area (Å²) < 4.78 is 0. The maximum atomic E-state index is 12.9. The van der Waals surface area contributed by atoms with E-state index in [2.05, 4.69) is 4.98 Å². The molecule has 0 unspecified atom stereocenters. The summed E-state index contributed by atoms with van der Waals surface area (Å²) in [6, 6.07) is 15.3. The maximum absolute atomic E-state index is 12.9. The van der Waals surface area contributed by atoms with Crippen LogP contribution in [0.2, 0.25) is 0 Å². The van der Waals surface area contributed by atoms with Gasteiger partial charge in [-0.1, -0.05) is 30.3 Å². The summed E-state index contributed by atoms with van der Waals surface area (Å²) in [4.78, 5) is 29.8. The number of benzene rings is 2. The Morgan fingerprint density at radius 3 is 2.74 bits per heavy atom. The van der Waals surface area contributed by atoms with Crippen molar-refractivity contribution in [3.8, 4) is 0 Å². The van der Waals surface area contributed by atoms with Gasteiger partial charge in [0.2, 0.25) is 11.8 Å². The molecule has 1 aromatic heterocycles. The lowest BCUT2D eigenvalue weighted by molar-refractivity contribution is -0.121. The van der Waals surface area contributed by atoms with Crippen LogP contribution < -0.4 is 4.90 Å². The Morgan fingerprint density at radius 2 is 1.91 bits per heavy atom. The normalized spacial score (nSPS) is 18.1. The fraction of sp³-hybridized carbons (Fsp3) is 0.158. The molecule has 1 fully saturated rings. The van der Waals surface area contributed by atoms with Crippen molar-refractivity contribution in [1.29, 1.82) is 0 Å². The van der Waals surface area contributed by atoms with Gasteiger partial charge >= 0.3 is 0 Å². The monoisotopic (exact) mass is 304 g/mol. The minimum Gasteiger partial charge on any atom is -0.361 e. The average Bonchev–Trinajstić information content (AvgIpc) is 3.08. The van der Waals surface area contributed by atoms with E-state index < -0.39 is 5.92 Å². The van der Waals surface area contributed by atoms with Crippen molar-refractivity contribution in [1.82, 2.24) is 4.98 Å². The van der Waals surface area contributed by atoms with Crippen LogP contribution in [-0.4, -0.2) is 16.8 Å². The number of fused-ring (bicyclic) bond motifs is 1. The number of hydrogen-bond acceptors (Lipinski definition) is 2. The Labute approximate surface area is 133 Å². The van der Waals surface area contributed by atoms with E-state index in [1.165, 1.54) is 4.90 Å². The molecule has 1 aliphatic rings. The second kappa shape index (κ2) is 5.09. The number of rotatable bonds is 2. The Morgan fingerprint density at radius 1 is 1.09 bits per heavy atom. The van der Waals surface area contributed by atoms with Gasteiger partial charge in [0.1, 0.15) is 0 Å². The zero-order valence-electron chi connectivity index (χ0n) is 12.7. The third-order valence-corrected chi connectivity index (χ3v) is 4.40. The number of para-hydroxylation sites is 1. The molecule has 2 aromatic carbocycles. The molecule has 1 aliphatic heterocycles. The Balaban J connectivity index is 1.75. The molecule has 0 bridgehead atoms. The number of aryl methyl sites for hydroxylation is 1. The van der Waals surface area contributed by atoms with E-state index >= 15 is 0 Å². The van der Waals surface area contributed by atoms with Gasteiger partial charge in [-0.15, -0.1) is 0 Å². The first-order valence-corrected chi connectivity index (χ1v) is 7.64. The zero-order valence-corrected chi connectivity index (χ0v) is 12.7. The highest BCUT2D eigenvalue weighted by Crippen LogP contribution is 2.36. The molecule has 114 valence electrons. The number of imide groups is 1. The van der Waals surface area contributed by atoms with Crippen LogP contribution in [-0.2, 0) is 9.59 Å². The predicted molar refractivity (Wildman–Crippen MR) is 89.3 cm³/mol. The van der Waals surface area contributed by atoms with Crippen LogP contribution in [0.1, 0.15) is 23.5 Å². The first kappa shape index (κ1) is 13.8. The molecule has 0 aliphatic carbocycles. The summed E-state index contributed by atoms with van der Waals surface area (Å²) in [6.45, 7) is 1.95. The molecule has 1 saturated heterocycles. The van der Waals surface area contributed by atoms with Crippen molar-refractivity contribution >= 4 is 28.4 Å². The number of nitrogens with one attached hydrogen (secondary N) is 1. The second-order valence-corrected chi connectivity index (χ2v) is 5.95. The minimum absolute atomic E-state index is 0.143. The third kappa shape index (κ3) is 2.14. The van der Waals surface area contributed by atoms with Crippen LogP contribution in [0.25, 0.3) is 10.9 Å². The van der Waals surface area contributed by atoms with Gasteiger partial charge in [-0.25, -0.2) is 4.90 Å². The highest BCUT2D eigenvalue weighted by atomic mass is 16.2. The number of carbonyl (C=O) groups is 2. The zero-order chi connectivity index (χ0) is 16.0. The summed E-state index contributed by atoms with van der Waals surface area (Å²) in [5.74, 6) is -0.708. The van der Waals surface area contributed by atoms with Crippen LogP contribution in [0.3, 0.4) is 0 Å². The van der Waals surface area contributed by atoms with Crippen LogP contribution in [0, 0.1) is 6.92 Å². The molecule has 2 amide bonds. The van der Waals surface area contributed by atoms with E-state index in [-0.39, 0.29) is 18.2 Å². The Bertz CT molecular complexity index is 926. The average molecular weight is 304 g/mol. The fourth-order valence-electron chi connectivity index (χ4n) is 3.30. The van der Waals surface area contributed by atoms with Gasteiger partial charge in [-0.05, 0) is 36.2 Å². The van der Waals surface area contributed by atoms with Gasteiger partial charge in [-0.3, -0.25) is 9.59 Å². The van der Waals surface area contributed by atoms with Crippen molar-refractivity contribution in [3.05, 3.63) is 65.9 Å². The molecular formula is C19H16N2O2. The SMILES string of the molecule is Cc1cccc(N2C(=O)C[C@@H](c3c[nH]c4ccccc34)C2=O)c1. The molecule has 23 heavy (non-hydrogen) atoms. The minimum atomic E-state index is -0.417. The fourth-order valence-corrected chi connectivity index (χ4v) is 3.30. The number of nitrogens with zero attached hydrogens (tertiary/aromatic N) is 1. The van der Waals surface area contributed by atoms with E-state index in [1.54, 1.807) is 6.07 Å². The van der Waals surface area contributed by atoms with E-state index in [9.17, 15) is 9.59 Å². The van der Waals surface area contributed by atoms with Gasteiger partial charge in [-0.2, -0.15) is 0 Å². The lowest BCUT2D eigenvalue weighted by Gasteiger charge is -2.15. The molecule has 0 spiro atoms. The van der Waals surface area contributed by atoms with Crippen molar-refractivity contribution in [2.45, 2.75) is 19.3 Å². The summed E-state index contributed by atoms with van der Waals surface area (Å²) in [5.41, 5.74) is 3.56. The molecule has 4 nitrogen and oxygen atoms in total. The molecule has 3 aromatic rings. The molecule has 4 heteroatoms.